The van der Waals surface area contributed by atoms with Gasteiger partial charge in [0.15, 0.2) is 0 Å². The predicted octanol–water partition coefficient (Wildman–Crippen LogP) is 3.31. The number of halogens is 4. The molecule has 0 bridgehead atoms. The largest absolute Gasteiger partial charge is 0.480 e. The van der Waals surface area contributed by atoms with Crippen molar-refractivity contribution in [2.75, 3.05) is 7.11 Å². The molecular formula is C13H11BrF3N3O. The fraction of sp³-hybridized carbons (Fsp3) is 0.231. The van der Waals surface area contributed by atoms with Gasteiger partial charge in [-0.1, -0.05) is 15.9 Å². The Hall–Kier alpha value is -1.67. The van der Waals surface area contributed by atoms with Crippen LogP contribution in [0.5, 0.6) is 5.88 Å². The van der Waals surface area contributed by atoms with Crippen LogP contribution in [-0.4, -0.2) is 17.1 Å². The van der Waals surface area contributed by atoms with Crippen LogP contribution < -0.4 is 10.5 Å². The Balaban J connectivity index is 2.50. The first-order valence-electron chi connectivity index (χ1n) is 5.81. The van der Waals surface area contributed by atoms with E-state index in [2.05, 4.69) is 25.9 Å². The van der Waals surface area contributed by atoms with Crippen LogP contribution in [0.2, 0.25) is 0 Å². The molecule has 1 heterocycles. The molecule has 1 unspecified atom stereocenters. The quantitative estimate of drug-likeness (QED) is 0.910. The monoisotopic (exact) mass is 361 g/mol. The first-order chi connectivity index (χ1) is 9.84. The van der Waals surface area contributed by atoms with Crippen molar-refractivity contribution in [1.29, 1.82) is 0 Å². The van der Waals surface area contributed by atoms with Gasteiger partial charge in [0.1, 0.15) is 5.69 Å². The number of aromatic nitrogens is 2. The van der Waals surface area contributed by atoms with E-state index < -0.39 is 17.8 Å². The van der Waals surface area contributed by atoms with Gasteiger partial charge >= 0.3 is 6.18 Å². The summed E-state index contributed by atoms with van der Waals surface area (Å²) < 4.78 is 43.9. The summed E-state index contributed by atoms with van der Waals surface area (Å²) in [6, 6.07) is 2.38. The molecule has 2 aromatic rings. The van der Waals surface area contributed by atoms with Crippen LogP contribution in [-0.2, 0) is 6.18 Å². The predicted molar refractivity (Wildman–Crippen MR) is 73.8 cm³/mol. The van der Waals surface area contributed by atoms with Crippen LogP contribution >= 0.6 is 15.9 Å². The second kappa shape index (κ2) is 5.98. The van der Waals surface area contributed by atoms with Crippen molar-refractivity contribution in [3.8, 4) is 5.88 Å². The van der Waals surface area contributed by atoms with Crippen LogP contribution in [0.4, 0.5) is 13.2 Å². The first kappa shape index (κ1) is 15.7. The van der Waals surface area contributed by atoms with Crippen molar-refractivity contribution in [3.05, 3.63) is 51.9 Å². The molecule has 0 radical (unpaired) electrons. The van der Waals surface area contributed by atoms with Crippen molar-refractivity contribution >= 4 is 15.9 Å². The summed E-state index contributed by atoms with van der Waals surface area (Å²) >= 11 is 3.21. The third-order valence-corrected chi connectivity index (χ3v) is 3.56. The number of ether oxygens (including phenoxy) is 1. The van der Waals surface area contributed by atoms with Gasteiger partial charge in [0.2, 0.25) is 5.88 Å². The molecule has 1 aromatic heterocycles. The number of hydrogen-bond donors (Lipinski definition) is 1. The molecule has 112 valence electrons. The van der Waals surface area contributed by atoms with Gasteiger partial charge in [-0.3, -0.25) is 4.98 Å². The summed E-state index contributed by atoms with van der Waals surface area (Å²) in [5, 5.41) is 0. The van der Waals surface area contributed by atoms with E-state index >= 15 is 0 Å². The average Bonchev–Trinajstić information content (AvgIpc) is 2.45. The van der Waals surface area contributed by atoms with Crippen molar-refractivity contribution in [2.24, 2.45) is 5.73 Å². The van der Waals surface area contributed by atoms with E-state index in [1.165, 1.54) is 25.6 Å². The molecule has 1 aromatic carbocycles. The van der Waals surface area contributed by atoms with Crippen LogP contribution in [0.1, 0.15) is 22.9 Å². The van der Waals surface area contributed by atoms with Gasteiger partial charge in [0, 0.05) is 16.9 Å². The van der Waals surface area contributed by atoms with Gasteiger partial charge in [0.25, 0.3) is 0 Å². The van der Waals surface area contributed by atoms with Gasteiger partial charge in [-0.05, 0) is 23.8 Å². The molecule has 2 N–H and O–H groups in total. The van der Waals surface area contributed by atoms with Gasteiger partial charge in [-0.25, -0.2) is 4.98 Å². The number of nitrogens with two attached hydrogens (primary N) is 1. The number of alkyl halides is 3. The lowest BCUT2D eigenvalue weighted by atomic mass is 10.0. The molecule has 1 atom stereocenters. The Kier molecular flexibility index (Phi) is 4.48. The van der Waals surface area contributed by atoms with Crippen LogP contribution in [0.3, 0.4) is 0 Å². The topological polar surface area (TPSA) is 61.0 Å². The van der Waals surface area contributed by atoms with Gasteiger partial charge in [0.05, 0.1) is 18.7 Å². The van der Waals surface area contributed by atoms with Gasteiger partial charge < -0.3 is 10.5 Å². The third-order valence-electron chi connectivity index (χ3n) is 2.84. The van der Waals surface area contributed by atoms with E-state index in [4.69, 9.17) is 10.5 Å². The third kappa shape index (κ3) is 3.33. The summed E-state index contributed by atoms with van der Waals surface area (Å²) in [5.74, 6) is 0.175. The minimum absolute atomic E-state index is 0.175. The van der Waals surface area contributed by atoms with Crippen LogP contribution in [0.25, 0.3) is 0 Å². The Morgan fingerprint density at radius 1 is 1.24 bits per heavy atom. The zero-order chi connectivity index (χ0) is 15.6. The molecule has 0 aliphatic carbocycles. The second-order valence-corrected chi connectivity index (χ2v) is 5.02. The Labute approximate surface area is 127 Å². The van der Waals surface area contributed by atoms with Crippen molar-refractivity contribution in [2.45, 2.75) is 12.2 Å². The molecule has 0 spiro atoms. The molecule has 0 saturated heterocycles. The molecule has 0 fully saturated rings. The number of nitrogens with zero attached hydrogens (tertiary/aromatic N) is 2. The number of benzene rings is 1. The maximum absolute atomic E-state index is 12.8. The van der Waals surface area contributed by atoms with Crippen molar-refractivity contribution in [1.82, 2.24) is 9.97 Å². The zero-order valence-electron chi connectivity index (χ0n) is 10.9. The Morgan fingerprint density at radius 2 is 1.90 bits per heavy atom. The number of rotatable bonds is 3. The lowest BCUT2D eigenvalue weighted by Gasteiger charge is -2.17. The van der Waals surface area contributed by atoms with Crippen molar-refractivity contribution < 1.29 is 17.9 Å². The lowest BCUT2D eigenvalue weighted by Crippen LogP contribution is -2.17. The summed E-state index contributed by atoms with van der Waals surface area (Å²) in [5.41, 5.74) is 5.76. The molecule has 0 amide bonds. The molecule has 0 saturated carbocycles. The smallest absolute Gasteiger partial charge is 0.416 e. The minimum Gasteiger partial charge on any atom is -0.480 e. The molecule has 0 aliphatic heterocycles. The van der Waals surface area contributed by atoms with E-state index in [-0.39, 0.29) is 17.1 Å². The molecule has 8 heteroatoms. The normalized spacial score (nSPS) is 13.0. The van der Waals surface area contributed by atoms with Gasteiger partial charge in [-0.2, -0.15) is 13.2 Å². The van der Waals surface area contributed by atoms with E-state index in [1.54, 1.807) is 0 Å². The summed E-state index contributed by atoms with van der Waals surface area (Å²) in [6.07, 6.45) is -1.63. The SMILES string of the molecule is COc1nccnc1C(N)c1cc(C(F)(F)F)ccc1Br. The number of hydrogen-bond acceptors (Lipinski definition) is 4. The standard InChI is InChI=1S/C13H11BrF3N3O/c1-21-12-11(19-4-5-20-12)10(18)8-6-7(13(15,16)17)2-3-9(8)14/h2-6,10H,18H2,1H3. The Bertz CT molecular complexity index is 649. The molecule has 0 aliphatic rings. The average molecular weight is 362 g/mol. The first-order valence-corrected chi connectivity index (χ1v) is 6.61. The van der Waals surface area contributed by atoms with Crippen molar-refractivity contribution in [3.63, 3.8) is 0 Å². The summed E-state index contributed by atoms with van der Waals surface area (Å²) in [4.78, 5) is 7.99. The molecule has 4 nitrogen and oxygen atoms in total. The maximum Gasteiger partial charge on any atom is 0.416 e. The van der Waals surface area contributed by atoms with E-state index in [1.807, 2.05) is 0 Å². The summed E-state index contributed by atoms with van der Waals surface area (Å²) in [6.45, 7) is 0. The fourth-order valence-corrected chi connectivity index (χ4v) is 2.31. The summed E-state index contributed by atoms with van der Waals surface area (Å²) in [7, 11) is 1.39. The van der Waals surface area contributed by atoms with Gasteiger partial charge in [-0.15, -0.1) is 0 Å². The highest BCUT2D eigenvalue weighted by Crippen LogP contribution is 2.35. The highest BCUT2D eigenvalue weighted by atomic mass is 79.9. The Morgan fingerprint density at radius 3 is 2.52 bits per heavy atom. The second-order valence-electron chi connectivity index (χ2n) is 4.16. The molecule has 21 heavy (non-hydrogen) atoms. The zero-order valence-corrected chi connectivity index (χ0v) is 12.4. The van der Waals surface area contributed by atoms with E-state index in [0.717, 1.165) is 12.1 Å². The lowest BCUT2D eigenvalue weighted by molar-refractivity contribution is -0.137. The van der Waals surface area contributed by atoms with Crippen LogP contribution in [0, 0.1) is 0 Å². The molecule has 2 rings (SSSR count). The van der Waals surface area contributed by atoms with E-state index in [0.29, 0.717) is 4.47 Å². The highest BCUT2D eigenvalue weighted by molar-refractivity contribution is 9.10. The maximum atomic E-state index is 12.8. The minimum atomic E-state index is -4.44. The highest BCUT2D eigenvalue weighted by Gasteiger charge is 2.32. The van der Waals surface area contributed by atoms with E-state index in [9.17, 15) is 13.2 Å². The number of methoxy groups -OCH3 is 1. The fourth-order valence-electron chi connectivity index (χ4n) is 1.81. The van der Waals surface area contributed by atoms with Crippen LogP contribution in [0.15, 0.2) is 35.1 Å². The molecular weight excluding hydrogens is 351 g/mol.